The average Bonchev–Trinajstić information content (AvgIpc) is 3.19. The number of anilines is 1. The molecule has 0 aliphatic rings. The number of aromatic nitrogens is 2. The fourth-order valence-electron chi connectivity index (χ4n) is 3.48. The number of amides is 1. The first-order valence-electron chi connectivity index (χ1n) is 9.87. The van der Waals surface area contributed by atoms with Crippen LogP contribution in [0.5, 0.6) is 0 Å². The highest BCUT2D eigenvalue weighted by atomic mass is 19.4. The van der Waals surface area contributed by atoms with Crippen molar-refractivity contribution in [3.63, 3.8) is 0 Å². The maximum atomic E-state index is 12.9. The normalized spacial score (nSPS) is 11.6. The fourth-order valence-corrected chi connectivity index (χ4v) is 3.48. The number of nitrogens with one attached hydrogen (secondary N) is 1. The van der Waals surface area contributed by atoms with E-state index >= 15 is 0 Å². The Morgan fingerprint density at radius 1 is 1.00 bits per heavy atom. The first-order valence-corrected chi connectivity index (χ1v) is 9.87. The highest BCUT2D eigenvalue weighted by Crippen LogP contribution is 2.30. The molecule has 158 valence electrons. The summed E-state index contributed by atoms with van der Waals surface area (Å²) >= 11 is 0. The monoisotopic (exact) mass is 423 g/mol. The lowest BCUT2D eigenvalue weighted by molar-refractivity contribution is -0.137. The van der Waals surface area contributed by atoms with Crippen LogP contribution >= 0.6 is 0 Å². The quantitative estimate of drug-likeness (QED) is 0.444. The van der Waals surface area contributed by atoms with E-state index < -0.39 is 11.7 Å². The van der Waals surface area contributed by atoms with Crippen LogP contribution in [0.25, 0.3) is 5.52 Å². The van der Waals surface area contributed by atoms with Gasteiger partial charge in [0.15, 0.2) is 0 Å². The molecule has 0 aliphatic carbocycles. The second-order valence-electron chi connectivity index (χ2n) is 7.26. The van der Waals surface area contributed by atoms with Crippen LogP contribution in [0.2, 0.25) is 0 Å². The molecule has 31 heavy (non-hydrogen) atoms. The van der Waals surface area contributed by atoms with Crippen molar-refractivity contribution < 1.29 is 18.0 Å². The number of nitrogens with zero attached hydrogens (tertiary/aromatic N) is 2. The number of carbonyl (C=O) groups is 1. The molecule has 0 atom stereocenters. The van der Waals surface area contributed by atoms with Gasteiger partial charge in [0.2, 0.25) is 0 Å². The number of rotatable bonds is 5. The van der Waals surface area contributed by atoms with Crippen LogP contribution in [-0.2, 0) is 19.0 Å². The number of alkyl halides is 3. The molecule has 0 radical (unpaired) electrons. The second kappa shape index (κ2) is 8.26. The van der Waals surface area contributed by atoms with E-state index in [4.69, 9.17) is 0 Å². The van der Waals surface area contributed by atoms with Crippen LogP contribution in [0.3, 0.4) is 0 Å². The minimum Gasteiger partial charge on any atom is -0.322 e. The molecule has 0 aliphatic heterocycles. The van der Waals surface area contributed by atoms with Gasteiger partial charge in [-0.25, -0.2) is 4.52 Å². The van der Waals surface area contributed by atoms with Gasteiger partial charge >= 0.3 is 6.18 Å². The summed E-state index contributed by atoms with van der Waals surface area (Å²) in [7, 11) is 0. The number of halogens is 3. The molecule has 4 nitrogen and oxygen atoms in total. The Balaban J connectivity index is 1.62. The minimum atomic E-state index is -4.37. The van der Waals surface area contributed by atoms with Crippen LogP contribution < -0.4 is 5.32 Å². The van der Waals surface area contributed by atoms with Crippen molar-refractivity contribution in [1.82, 2.24) is 9.61 Å². The molecule has 1 amide bonds. The first-order chi connectivity index (χ1) is 14.8. The largest absolute Gasteiger partial charge is 0.416 e. The predicted octanol–water partition coefficient (Wildman–Crippen LogP) is 5.76. The molecule has 0 spiro atoms. The van der Waals surface area contributed by atoms with E-state index in [9.17, 15) is 18.0 Å². The Labute approximate surface area is 177 Å². The molecule has 0 fully saturated rings. The molecule has 7 heteroatoms. The van der Waals surface area contributed by atoms with Crippen molar-refractivity contribution in [2.24, 2.45) is 0 Å². The summed E-state index contributed by atoms with van der Waals surface area (Å²) in [5.41, 5.74) is 3.71. The number of pyridine rings is 1. The molecule has 2 aromatic heterocycles. The van der Waals surface area contributed by atoms with Crippen LogP contribution in [0.1, 0.15) is 39.5 Å². The maximum Gasteiger partial charge on any atom is 0.416 e. The number of hydrogen-bond donors (Lipinski definition) is 1. The summed E-state index contributed by atoms with van der Waals surface area (Å²) in [6, 6.07) is 16.3. The van der Waals surface area contributed by atoms with Gasteiger partial charge in [0.25, 0.3) is 5.91 Å². The molecular weight excluding hydrogens is 403 g/mol. The highest BCUT2D eigenvalue weighted by molar-refractivity contribution is 6.09. The van der Waals surface area contributed by atoms with Crippen molar-refractivity contribution in [1.29, 1.82) is 0 Å². The van der Waals surface area contributed by atoms with Crippen LogP contribution in [0, 0.1) is 0 Å². The van der Waals surface area contributed by atoms with Crippen molar-refractivity contribution in [3.8, 4) is 0 Å². The molecule has 0 saturated heterocycles. The third-order valence-electron chi connectivity index (χ3n) is 5.16. The average molecular weight is 423 g/mol. The van der Waals surface area contributed by atoms with Crippen LogP contribution in [0.4, 0.5) is 18.9 Å². The van der Waals surface area contributed by atoms with Gasteiger partial charge in [0.05, 0.1) is 22.8 Å². The Morgan fingerprint density at radius 2 is 1.68 bits per heavy atom. The number of hydrogen-bond acceptors (Lipinski definition) is 2. The highest BCUT2D eigenvalue weighted by Gasteiger charge is 2.30. The van der Waals surface area contributed by atoms with Gasteiger partial charge in [-0.05, 0) is 59.9 Å². The van der Waals surface area contributed by atoms with Crippen molar-refractivity contribution in [3.05, 3.63) is 101 Å². The summed E-state index contributed by atoms with van der Waals surface area (Å²) in [4.78, 5) is 12.9. The number of benzene rings is 2. The topological polar surface area (TPSA) is 46.4 Å². The predicted molar refractivity (Wildman–Crippen MR) is 113 cm³/mol. The lowest BCUT2D eigenvalue weighted by Gasteiger charge is -2.10. The zero-order valence-corrected chi connectivity index (χ0v) is 16.8. The number of fused-ring (bicyclic) bond motifs is 1. The Hall–Kier alpha value is -3.61. The third kappa shape index (κ3) is 4.45. The summed E-state index contributed by atoms with van der Waals surface area (Å²) in [5, 5.41) is 7.15. The molecule has 0 saturated carbocycles. The number of aryl methyl sites for hydroxylation is 1. The standard InChI is InChI=1S/C24H20F3N3O/c1-2-16-7-11-20(12-8-16)29-23(31)21-15-28-30-13-3-4-18(22(21)30)14-17-5-9-19(10-6-17)24(25,26)27/h3-13,15H,2,14H2,1H3,(H,29,31). The van der Waals surface area contributed by atoms with Gasteiger partial charge < -0.3 is 5.32 Å². The molecule has 0 unspecified atom stereocenters. The Morgan fingerprint density at radius 3 is 2.32 bits per heavy atom. The van der Waals surface area contributed by atoms with Crippen molar-refractivity contribution in [2.45, 2.75) is 25.9 Å². The van der Waals surface area contributed by atoms with Gasteiger partial charge in [0.1, 0.15) is 0 Å². The zero-order chi connectivity index (χ0) is 22.0. The molecule has 2 heterocycles. The molecule has 0 bridgehead atoms. The van der Waals surface area contributed by atoms with E-state index in [0.717, 1.165) is 24.1 Å². The second-order valence-corrected chi connectivity index (χ2v) is 7.26. The zero-order valence-electron chi connectivity index (χ0n) is 16.8. The Bertz CT molecular complexity index is 1210. The smallest absolute Gasteiger partial charge is 0.322 e. The molecule has 4 rings (SSSR count). The van der Waals surface area contributed by atoms with Gasteiger partial charge in [-0.15, -0.1) is 0 Å². The minimum absolute atomic E-state index is 0.292. The summed E-state index contributed by atoms with van der Waals surface area (Å²) in [6.45, 7) is 2.06. The Kier molecular flexibility index (Phi) is 5.50. The van der Waals surface area contributed by atoms with Gasteiger partial charge in [0, 0.05) is 11.9 Å². The summed E-state index contributed by atoms with van der Waals surface area (Å²) in [5.74, 6) is -0.292. The molecule has 1 N–H and O–H groups in total. The molecule has 2 aromatic carbocycles. The molecular formula is C24H20F3N3O. The van der Waals surface area contributed by atoms with E-state index in [1.165, 1.54) is 23.9 Å². The third-order valence-corrected chi connectivity index (χ3v) is 5.16. The van der Waals surface area contributed by atoms with E-state index in [0.29, 0.717) is 28.8 Å². The lowest BCUT2D eigenvalue weighted by Crippen LogP contribution is -2.12. The van der Waals surface area contributed by atoms with Crippen LogP contribution in [-0.4, -0.2) is 15.5 Å². The van der Waals surface area contributed by atoms with Crippen molar-refractivity contribution in [2.75, 3.05) is 5.32 Å². The lowest BCUT2D eigenvalue weighted by atomic mass is 10.0. The van der Waals surface area contributed by atoms with E-state index in [1.807, 2.05) is 30.3 Å². The number of carbonyl (C=O) groups excluding carboxylic acids is 1. The van der Waals surface area contributed by atoms with Gasteiger partial charge in [-0.3, -0.25) is 4.79 Å². The van der Waals surface area contributed by atoms with Crippen LogP contribution in [0.15, 0.2) is 73.1 Å². The van der Waals surface area contributed by atoms with Crippen molar-refractivity contribution >= 4 is 17.1 Å². The van der Waals surface area contributed by atoms with E-state index in [2.05, 4.69) is 17.3 Å². The summed E-state index contributed by atoms with van der Waals surface area (Å²) in [6.07, 6.45) is 0.152. The first kappa shape index (κ1) is 20.7. The van der Waals surface area contributed by atoms with Gasteiger partial charge in [-0.2, -0.15) is 18.3 Å². The summed E-state index contributed by atoms with van der Waals surface area (Å²) < 4.78 is 40.1. The van der Waals surface area contributed by atoms with E-state index in [-0.39, 0.29) is 5.91 Å². The maximum absolute atomic E-state index is 12.9. The fraction of sp³-hybridized carbons (Fsp3) is 0.167. The van der Waals surface area contributed by atoms with Gasteiger partial charge in [-0.1, -0.05) is 37.3 Å². The molecule has 4 aromatic rings. The van der Waals surface area contributed by atoms with E-state index in [1.54, 1.807) is 16.8 Å². The SMILES string of the molecule is CCc1ccc(NC(=O)c2cnn3cccc(Cc4ccc(C(F)(F)F)cc4)c23)cc1.